The molecule has 7 heteroatoms. The zero-order chi connectivity index (χ0) is 23.2. The number of hydrogen-bond donors (Lipinski definition) is 0. The van der Waals surface area contributed by atoms with Crippen LogP contribution in [0.5, 0.6) is 5.75 Å². The van der Waals surface area contributed by atoms with Crippen LogP contribution < -0.4 is 4.74 Å². The second-order valence-electron chi connectivity index (χ2n) is 8.45. The molecule has 2 aliphatic rings. The van der Waals surface area contributed by atoms with Crippen LogP contribution in [0.3, 0.4) is 0 Å². The van der Waals surface area contributed by atoms with Gasteiger partial charge in [-0.05, 0) is 56.1 Å². The minimum atomic E-state index is -0.157. The van der Waals surface area contributed by atoms with Crippen molar-refractivity contribution < 1.29 is 19.1 Å². The lowest BCUT2D eigenvalue weighted by atomic mass is 9.97. The van der Waals surface area contributed by atoms with Gasteiger partial charge in [0.05, 0.1) is 37.9 Å². The van der Waals surface area contributed by atoms with Gasteiger partial charge in [-0.1, -0.05) is 42.5 Å². The maximum atomic E-state index is 13.4. The van der Waals surface area contributed by atoms with E-state index in [9.17, 15) is 9.59 Å². The van der Waals surface area contributed by atoms with Crippen molar-refractivity contribution >= 4 is 17.6 Å². The Bertz CT molecular complexity index is 982. The van der Waals surface area contributed by atoms with Crippen molar-refractivity contribution in [3.05, 3.63) is 65.7 Å². The van der Waals surface area contributed by atoms with Gasteiger partial charge in [0.25, 0.3) is 5.91 Å². The highest BCUT2D eigenvalue weighted by molar-refractivity contribution is 6.03. The van der Waals surface area contributed by atoms with Crippen LogP contribution in [-0.2, 0) is 14.3 Å². The number of methoxy groups -OCH3 is 1. The molecular formula is C26H31N3O4. The van der Waals surface area contributed by atoms with E-state index in [0.717, 1.165) is 22.6 Å². The topological polar surface area (TPSA) is 71.4 Å². The highest BCUT2D eigenvalue weighted by Gasteiger charge is 2.35. The molecule has 174 valence electrons. The van der Waals surface area contributed by atoms with Gasteiger partial charge < -0.3 is 9.47 Å². The Labute approximate surface area is 195 Å². The molecule has 2 aromatic rings. The first-order valence-electron chi connectivity index (χ1n) is 11.6. The summed E-state index contributed by atoms with van der Waals surface area (Å²) >= 11 is 0. The number of esters is 1. The van der Waals surface area contributed by atoms with Crippen molar-refractivity contribution in [1.29, 1.82) is 0 Å². The normalized spacial score (nSPS) is 19.3. The van der Waals surface area contributed by atoms with Gasteiger partial charge in [-0.25, -0.2) is 5.01 Å². The monoisotopic (exact) mass is 449 g/mol. The average molecular weight is 450 g/mol. The molecule has 0 aliphatic carbocycles. The van der Waals surface area contributed by atoms with Gasteiger partial charge in [-0.15, -0.1) is 0 Å². The van der Waals surface area contributed by atoms with E-state index in [-0.39, 0.29) is 30.4 Å². The van der Waals surface area contributed by atoms with E-state index in [4.69, 9.17) is 14.6 Å². The van der Waals surface area contributed by atoms with E-state index in [2.05, 4.69) is 4.90 Å². The Kier molecular flexibility index (Phi) is 7.40. The molecule has 33 heavy (non-hydrogen) atoms. The van der Waals surface area contributed by atoms with Crippen molar-refractivity contribution in [3.8, 4) is 5.75 Å². The third-order valence-corrected chi connectivity index (χ3v) is 6.34. The predicted octanol–water partition coefficient (Wildman–Crippen LogP) is 3.65. The van der Waals surface area contributed by atoms with Crippen molar-refractivity contribution in [2.24, 2.45) is 11.0 Å². The summed E-state index contributed by atoms with van der Waals surface area (Å²) in [5, 5.41) is 6.40. The summed E-state index contributed by atoms with van der Waals surface area (Å²) < 4.78 is 10.4. The molecule has 2 heterocycles. The highest BCUT2D eigenvalue weighted by atomic mass is 16.5. The van der Waals surface area contributed by atoms with E-state index in [0.29, 0.717) is 39.0 Å². The van der Waals surface area contributed by atoms with Crippen molar-refractivity contribution in [2.45, 2.75) is 32.2 Å². The number of carbonyl (C=O) groups excluding carboxylic acids is 2. The summed E-state index contributed by atoms with van der Waals surface area (Å²) in [7, 11) is 1.64. The maximum Gasteiger partial charge on any atom is 0.309 e. The van der Waals surface area contributed by atoms with Gasteiger partial charge >= 0.3 is 5.97 Å². The van der Waals surface area contributed by atoms with Crippen LogP contribution in [0.25, 0.3) is 0 Å². The maximum absolute atomic E-state index is 13.4. The Morgan fingerprint density at radius 3 is 2.36 bits per heavy atom. The first-order valence-corrected chi connectivity index (χ1v) is 11.6. The van der Waals surface area contributed by atoms with Crippen LogP contribution in [-0.4, -0.2) is 60.8 Å². The van der Waals surface area contributed by atoms with E-state index >= 15 is 0 Å². The standard InChI is InChI=1S/C26H31N3O4/c1-3-33-26(31)21-13-15-28(16-14-21)18-25(30)29-24(20-9-11-22(32-2)12-10-20)17-23(27-29)19-7-5-4-6-8-19/h4-12,21,24H,3,13-18H2,1-2H3. The van der Waals surface area contributed by atoms with Crippen LogP contribution in [0.15, 0.2) is 59.7 Å². The molecule has 1 saturated heterocycles. The average Bonchev–Trinajstić information content (AvgIpc) is 3.31. The molecule has 7 nitrogen and oxygen atoms in total. The third kappa shape index (κ3) is 5.42. The Balaban J connectivity index is 1.47. The number of hydrazone groups is 1. The quantitative estimate of drug-likeness (QED) is 0.604. The fraction of sp³-hybridized carbons (Fsp3) is 0.423. The SMILES string of the molecule is CCOC(=O)C1CCN(CC(=O)N2N=C(c3ccccc3)CC2c2ccc(OC)cc2)CC1. The van der Waals surface area contributed by atoms with Gasteiger partial charge in [0, 0.05) is 6.42 Å². The molecule has 1 atom stereocenters. The molecule has 1 amide bonds. The smallest absolute Gasteiger partial charge is 0.309 e. The number of hydrogen-bond acceptors (Lipinski definition) is 6. The van der Waals surface area contributed by atoms with E-state index in [1.807, 2.05) is 61.5 Å². The number of benzene rings is 2. The van der Waals surface area contributed by atoms with Gasteiger partial charge in [0.2, 0.25) is 0 Å². The molecule has 1 unspecified atom stereocenters. The van der Waals surface area contributed by atoms with Crippen molar-refractivity contribution in [3.63, 3.8) is 0 Å². The Hall–Kier alpha value is -3.19. The molecule has 0 N–H and O–H groups in total. The van der Waals surface area contributed by atoms with E-state index in [1.54, 1.807) is 12.1 Å². The molecule has 1 fully saturated rings. The lowest BCUT2D eigenvalue weighted by Gasteiger charge is -2.32. The van der Waals surface area contributed by atoms with Gasteiger partial charge in [0.15, 0.2) is 0 Å². The van der Waals surface area contributed by atoms with Crippen molar-refractivity contribution in [1.82, 2.24) is 9.91 Å². The van der Waals surface area contributed by atoms with E-state index in [1.165, 1.54) is 0 Å². The number of likely N-dealkylation sites (tertiary alicyclic amines) is 1. The molecule has 0 spiro atoms. The lowest BCUT2D eigenvalue weighted by Crippen LogP contribution is -2.43. The number of nitrogens with zero attached hydrogens (tertiary/aromatic N) is 3. The minimum Gasteiger partial charge on any atom is -0.497 e. The van der Waals surface area contributed by atoms with Gasteiger partial charge in [0.1, 0.15) is 5.75 Å². The first kappa shape index (κ1) is 23.0. The number of amides is 1. The second kappa shape index (κ2) is 10.6. The molecule has 2 aromatic carbocycles. The van der Waals surface area contributed by atoms with Gasteiger partial charge in [-0.3, -0.25) is 14.5 Å². The fourth-order valence-electron chi connectivity index (χ4n) is 4.48. The molecule has 0 bridgehead atoms. The summed E-state index contributed by atoms with van der Waals surface area (Å²) in [6.45, 7) is 3.91. The molecular weight excluding hydrogens is 418 g/mol. The molecule has 2 aliphatic heterocycles. The summed E-state index contributed by atoms with van der Waals surface area (Å²) in [5.74, 6) is 0.553. The second-order valence-corrected chi connectivity index (χ2v) is 8.45. The van der Waals surface area contributed by atoms with Crippen molar-refractivity contribution in [2.75, 3.05) is 33.4 Å². The largest absolute Gasteiger partial charge is 0.497 e. The van der Waals surface area contributed by atoms with Gasteiger partial charge in [-0.2, -0.15) is 5.10 Å². The van der Waals surface area contributed by atoms with Crippen LogP contribution in [0.4, 0.5) is 0 Å². The summed E-state index contributed by atoms with van der Waals surface area (Å²) in [6, 6.07) is 17.7. The molecule has 0 radical (unpaired) electrons. The highest BCUT2D eigenvalue weighted by Crippen LogP contribution is 2.34. The summed E-state index contributed by atoms with van der Waals surface area (Å²) in [6.07, 6.45) is 2.09. The van der Waals surface area contributed by atoms with Crippen LogP contribution in [0.2, 0.25) is 0 Å². The third-order valence-electron chi connectivity index (χ3n) is 6.34. The molecule has 0 aromatic heterocycles. The Morgan fingerprint density at radius 1 is 1.03 bits per heavy atom. The number of rotatable bonds is 7. The zero-order valence-corrected chi connectivity index (χ0v) is 19.3. The zero-order valence-electron chi connectivity index (χ0n) is 19.3. The lowest BCUT2D eigenvalue weighted by molar-refractivity contribution is -0.149. The molecule has 4 rings (SSSR count). The summed E-state index contributed by atoms with van der Waals surface area (Å²) in [4.78, 5) is 27.5. The fourth-order valence-corrected chi connectivity index (χ4v) is 4.48. The Morgan fingerprint density at radius 2 is 1.73 bits per heavy atom. The number of piperidine rings is 1. The minimum absolute atomic E-state index is 0.0312. The number of carbonyl (C=O) groups is 2. The first-order chi connectivity index (χ1) is 16.1. The van der Waals surface area contributed by atoms with E-state index < -0.39 is 0 Å². The van der Waals surface area contributed by atoms with Crippen LogP contribution in [0, 0.1) is 5.92 Å². The predicted molar refractivity (Wildman–Crippen MR) is 126 cm³/mol. The summed E-state index contributed by atoms with van der Waals surface area (Å²) in [5.41, 5.74) is 2.97. The van der Waals surface area contributed by atoms with Crippen LogP contribution in [0.1, 0.15) is 43.4 Å². The number of ether oxygens (including phenoxy) is 2. The molecule has 0 saturated carbocycles. The van der Waals surface area contributed by atoms with Crippen LogP contribution >= 0.6 is 0 Å².